The van der Waals surface area contributed by atoms with E-state index in [4.69, 9.17) is 5.11 Å². The summed E-state index contributed by atoms with van der Waals surface area (Å²) < 4.78 is 0. The second kappa shape index (κ2) is 7.23. The Balaban J connectivity index is 1.72. The van der Waals surface area contributed by atoms with Gasteiger partial charge in [-0.1, -0.05) is 12.1 Å². The Labute approximate surface area is 140 Å². The van der Waals surface area contributed by atoms with Crippen molar-refractivity contribution in [2.75, 3.05) is 13.2 Å². The molecule has 23 heavy (non-hydrogen) atoms. The van der Waals surface area contributed by atoms with Gasteiger partial charge in [0.15, 0.2) is 0 Å². The van der Waals surface area contributed by atoms with E-state index in [1.807, 2.05) is 41.5 Å². The van der Waals surface area contributed by atoms with E-state index < -0.39 is 0 Å². The van der Waals surface area contributed by atoms with Gasteiger partial charge in [0.1, 0.15) is 5.01 Å². The Morgan fingerprint density at radius 3 is 2.83 bits per heavy atom. The van der Waals surface area contributed by atoms with Crippen LogP contribution in [0.1, 0.15) is 41.7 Å². The number of nitrogens with zero attached hydrogens (tertiary/aromatic N) is 2. The largest absolute Gasteiger partial charge is 0.396 e. The number of likely N-dealkylation sites (tertiary alicyclic amines) is 1. The average Bonchev–Trinajstić information content (AvgIpc) is 3.21. The molecule has 1 saturated heterocycles. The Morgan fingerprint density at radius 2 is 2.17 bits per heavy atom. The van der Waals surface area contributed by atoms with Gasteiger partial charge in [0.2, 0.25) is 0 Å². The van der Waals surface area contributed by atoms with Gasteiger partial charge in [-0.05, 0) is 44.7 Å². The first-order valence-electron chi connectivity index (χ1n) is 8.13. The second-order valence-corrected chi connectivity index (χ2v) is 6.89. The van der Waals surface area contributed by atoms with Crippen molar-refractivity contribution >= 4 is 17.2 Å². The summed E-state index contributed by atoms with van der Waals surface area (Å²) in [6, 6.07) is 8.02. The third kappa shape index (κ3) is 3.62. The molecule has 0 radical (unpaired) electrons. The number of aliphatic hydroxyl groups excluding tert-OH is 1. The lowest BCUT2D eigenvalue weighted by molar-refractivity contribution is 0.0724. The van der Waals surface area contributed by atoms with E-state index >= 15 is 0 Å². The molecule has 122 valence electrons. The topological polar surface area (TPSA) is 53.4 Å². The number of hydrogen-bond donors (Lipinski definition) is 1. The fourth-order valence-electron chi connectivity index (χ4n) is 3.14. The van der Waals surface area contributed by atoms with Crippen LogP contribution < -0.4 is 0 Å². The summed E-state index contributed by atoms with van der Waals surface area (Å²) in [7, 11) is 0. The zero-order chi connectivity index (χ0) is 16.2. The van der Waals surface area contributed by atoms with Crippen LogP contribution in [0.5, 0.6) is 0 Å². The molecule has 1 unspecified atom stereocenters. The molecule has 1 aliphatic rings. The normalized spacial score (nSPS) is 17.7. The minimum atomic E-state index is 0.104. The van der Waals surface area contributed by atoms with E-state index in [-0.39, 0.29) is 18.6 Å². The third-order valence-electron chi connectivity index (χ3n) is 4.33. The van der Waals surface area contributed by atoms with Gasteiger partial charge in [-0.15, -0.1) is 11.3 Å². The molecule has 1 aliphatic heterocycles. The molecule has 2 heterocycles. The van der Waals surface area contributed by atoms with Crippen molar-refractivity contribution in [2.45, 2.75) is 38.6 Å². The van der Waals surface area contributed by atoms with Crippen molar-refractivity contribution in [3.8, 4) is 10.6 Å². The van der Waals surface area contributed by atoms with E-state index in [2.05, 4.69) is 4.98 Å². The molecule has 1 N–H and O–H groups in total. The van der Waals surface area contributed by atoms with Crippen LogP contribution in [-0.2, 0) is 0 Å². The van der Waals surface area contributed by atoms with E-state index in [1.54, 1.807) is 11.3 Å². The number of rotatable bonds is 5. The molecule has 1 aromatic carbocycles. The molecule has 0 saturated carbocycles. The van der Waals surface area contributed by atoms with Crippen LogP contribution in [0.25, 0.3) is 10.6 Å². The summed E-state index contributed by atoms with van der Waals surface area (Å²) >= 11 is 1.62. The van der Waals surface area contributed by atoms with Crippen LogP contribution in [0.4, 0.5) is 0 Å². The zero-order valence-electron chi connectivity index (χ0n) is 13.4. The maximum atomic E-state index is 12.7. The summed E-state index contributed by atoms with van der Waals surface area (Å²) in [6.07, 6.45) is 3.75. The molecule has 3 rings (SSSR count). The Morgan fingerprint density at radius 1 is 1.39 bits per heavy atom. The van der Waals surface area contributed by atoms with Crippen LogP contribution in [0.2, 0.25) is 0 Å². The number of hydrogen-bond acceptors (Lipinski definition) is 4. The van der Waals surface area contributed by atoms with Crippen molar-refractivity contribution in [3.05, 3.63) is 40.9 Å². The van der Waals surface area contributed by atoms with Gasteiger partial charge < -0.3 is 10.0 Å². The van der Waals surface area contributed by atoms with Crippen molar-refractivity contribution < 1.29 is 9.90 Å². The first-order chi connectivity index (χ1) is 11.2. The fourth-order valence-corrected chi connectivity index (χ4v) is 3.94. The van der Waals surface area contributed by atoms with Crippen molar-refractivity contribution in [1.82, 2.24) is 9.88 Å². The highest BCUT2D eigenvalue weighted by molar-refractivity contribution is 7.13. The van der Waals surface area contributed by atoms with Gasteiger partial charge >= 0.3 is 0 Å². The number of benzene rings is 1. The molecular formula is C18H22N2O2S. The Kier molecular flexibility index (Phi) is 5.08. The second-order valence-electron chi connectivity index (χ2n) is 6.03. The highest BCUT2D eigenvalue weighted by atomic mass is 32.1. The highest BCUT2D eigenvalue weighted by Crippen LogP contribution is 2.26. The van der Waals surface area contributed by atoms with E-state index in [0.717, 1.165) is 54.1 Å². The number of aliphatic hydroxyl groups is 1. The van der Waals surface area contributed by atoms with Crippen LogP contribution >= 0.6 is 11.3 Å². The number of aromatic nitrogens is 1. The Hall–Kier alpha value is -1.72. The molecule has 0 bridgehead atoms. The van der Waals surface area contributed by atoms with Gasteiger partial charge in [-0.25, -0.2) is 4.98 Å². The quantitative estimate of drug-likeness (QED) is 0.913. The molecular weight excluding hydrogens is 308 g/mol. The standard InChI is InChI=1S/C18H22N2O2S/c1-13-12-23-17(19-13)14-6-8-15(9-7-14)18(22)20-10-2-4-16(20)5-3-11-21/h6-9,12,16,21H,2-5,10-11H2,1H3. The summed E-state index contributed by atoms with van der Waals surface area (Å²) in [6.45, 7) is 3.00. The van der Waals surface area contributed by atoms with Crippen LogP contribution in [0.15, 0.2) is 29.6 Å². The monoisotopic (exact) mass is 330 g/mol. The fraction of sp³-hybridized carbons (Fsp3) is 0.444. The molecule has 0 aliphatic carbocycles. The maximum Gasteiger partial charge on any atom is 0.254 e. The molecule has 1 fully saturated rings. The summed E-state index contributed by atoms with van der Waals surface area (Å²) in [5, 5.41) is 12.0. The molecule has 1 atom stereocenters. The lowest BCUT2D eigenvalue weighted by Crippen LogP contribution is -2.35. The molecule has 4 nitrogen and oxygen atoms in total. The van der Waals surface area contributed by atoms with Crippen molar-refractivity contribution in [1.29, 1.82) is 0 Å². The number of carbonyl (C=O) groups is 1. The molecule has 0 spiro atoms. The number of aryl methyl sites for hydroxylation is 1. The molecule has 5 heteroatoms. The predicted octanol–water partition coefficient (Wildman–Crippen LogP) is 3.50. The van der Waals surface area contributed by atoms with Crippen molar-refractivity contribution in [3.63, 3.8) is 0 Å². The molecule has 2 aromatic rings. The number of carbonyl (C=O) groups excluding carboxylic acids is 1. The first kappa shape index (κ1) is 16.1. The lowest BCUT2D eigenvalue weighted by atomic mass is 10.1. The lowest BCUT2D eigenvalue weighted by Gasteiger charge is -2.24. The summed E-state index contributed by atoms with van der Waals surface area (Å²) in [5.74, 6) is 0.104. The predicted molar refractivity (Wildman–Crippen MR) is 92.7 cm³/mol. The average molecular weight is 330 g/mol. The summed E-state index contributed by atoms with van der Waals surface area (Å²) in [4.78, 5) is 19.2. The third-order valence-corrected chi connectivity index (χ3v) is 5.34. The van der Waals surface area contributed by atoms with E-state index in [9.17, 15) is 4.79 Å². The van der Waals surface area contributed by atoms with Crippen molar-refractivity contribution in [2.24, 2.45) is 0 Å². The number of amides is 1. The Bertz CT molecular complexity index is 666. The molecule has 1 aromatic heterocycles. The van der Waals surface area contributed by atoms with Crippen LogP contribution in [0.3, 0.4) is 0 Å². The SMILES string of the molecule is Cc1csc(-c2ccc(C(=O)N3CCCC3CCCO)cc2)n1. The van der Waals surface area contributed by atoms with Crippen LogP contribution in [0, 0.1) is 6.92 Å². The maximum absolute atomic E-state index is 12.7. The first-order valence-corrected chi connectivity index (χ1v) is 9.01. The molecule has 1 amide bonds. The minimum absolute atomic E-state index is 0.104. The number of thiazole rings is 1. The van der Waals surface area contributed by atoms with Gasteiger partial charge in [-0.2, -0.15) is 0 Å². The summed E-state index contributed by atoms with van der Waals surface area (Å²) in [5.41, 5.74) is 2.81. The van der Waals surface area contributed by atoms with Gasteiger partial charge in [-0.3, -0.25) is 4.79 Å². The van der Waals surface area contributed by atoms with Gasteiger partial charge in [0.25, 0.3) is 5.91 Å². The van der Waals surface area contributed by atoms with Gasteiger partial charge in [0, 0.05) is 41.4 Å². The minimum Gasteiger partial charge on any atom is -0.396 e. The smallest absolute Gasteiger partial charge is 0.254 e. The van der Waals surface area contributed by atoms with Gasteiger partial charge in [0.05, 0.1) is 0 Å². The van der Waals surface area contributed by atoms with Crippen LogP contribution in [-0.4, -0.2) is 40.1 Å². The zero-order valence-corrected chi connectivity index (χ0v) is 14.2. The van der Waals surface area contributed by atoms with E-state index in [0.29, 0.717) is 0 Å². The van der Waals surface area contributed by atoms with E-state index in [1.165, 1.54) is 0 Å². The highest BCUT2D eigenvalue weighted by Gasteiger charge is 2.28.